The standard InChI is InChI=1S/C12H22N2/c1-9-5-6-11(3)12(14-13-4)8-7-10(9)2/h9-10H,5-8H2,1-4H3/b12-11+,14-13-. The highest BCUT2D eigenvalue weighted by molar-refractivity contribution is 5.11. The van der Waals surface area contributed by atoms with Crippen LogP contribution >= 0.6 is 0 Å². The van der Waals surface area contributed by atoms with Crippen LogP contribution in [0, 0.1) is 11.8 Å². The lowest BCUT2D eigenvalue weighted by Crippen LogP contribution is -2.11. The molecule has 14 heavy (non-hydrogen) atoms. The molecule has 0 saturated heterocycles. The smallest absolute Gasteiger partial charge is 0.0615 e. The van der Waals surface area contributed by atoms with Crippen molar-refractivity contribution in [2.24, 2.45) is 22.1 Å². The van der Waals surface area contributed by atoms with Crippen molar-refractivity contribution >= 4 is 0 Å². The first kappa shape index (κ1) is 11.4. The predicted molar refractivity (Wildman–Crippen MR) is 60.3 cm³/mol. The molecule has 0 aromatic carbocycles. The van der Waals surface area contributed by atoms with E-state index in [4.69, 9.17) is 0 Å². The molecule has 0 aliphatic heterocycles. The summed E-state index contributed by atoms with van der Waals surface area (Å²) in [5, 5.41) is 8.12. The van der Waals surface area contributed by atoms with E-state index in [0.717, 1.165) is 18.3 Å². The molecule has 0 saturated carbocycles. The molecule has 1 rings (SSSR count). The first-order valence-corrected chi connectivity index (χ1v) is 5.63. The van der Waals surface area contributed by atoms with Crippen molar-refractivity contribution < 1.29 is 0 Å². The topological polar surface area (TPSA) is 24.7 Å². The van der Waals surface area contributed by atoms with Gasteiger partial charge in [-0.1, -0.05) is 13.8 Å². The number of allylic oxidation sites excluding steroid dienone is 2. The average Bonchev–Trinajstić information content (AvgIpc) is 2.18. The summed E-state index contributed by atoms with van der Waals surface area (Å²) in [7, 11) is 1.76. The maximum atomic E-state index is 4.23. The van der Waals surface area contributed by atoms with Gasteiger partial charge in [0.25, 0.3) is 0 Å². The van der Waals surface area contributed by atoms with E-state index in [-0.39, 0.29) is 0 Å². The summed E-state index contributed by atoms with van der Waals surface area (Å²) in [5.74, 6) is 1.68. The van der Waals surface area contributed by atoms with Crippen LogP contribution in [-0.4, -0.2) is 7.05 Å². The highest BCUT2D eigenvalue weighted by Gasteiger charge is 2.17. The normalized spacial score (nSPS) is 35.7. The molecule has 0 spiro atoms. The molecule has 0 N–H and O–H groups in total. The first-order chi connectivity index (χ1) is 6.65. The lowest BCUT2D eigenvalue weighted by atomic mass is 9.84. The van der Waals surface area contributed by atoms with Gasteiger partial charge in [0.1, 0.15) is 0 Å². The molecule has 1 aliphatic carbocycles. The zero-order chi connectivity index (χ0) is 10.6. The summed E-state index contributed by atoms with van der Waals surface area (Å²) in [6.07, 6.45) is 4.86. The third-order valence-corrected chi connectivity index (χ3v) is 3.50. The Morgan fingerprint density at radius 2 is 1.64 bits per heavy atom. The Hall–Kier alpha value is -0.660. The number of rotatable bonds is 1. The van der Waals surface area contributed by atoms with Crippen molar-refractivity contribution in [3.05, 3.63) is 11.3 Å². The van der Waals surface area contributed by atoms with Gasteiger partial charge in [-0.05, 0) is 50.0 Å². The average molecular weight is 194 g/mol. The minimum Gasteiger partial charge on any atom is -0.192 e. The van der Waals surface area contributed by atoms with Gasteiger partial charge in [-0.15, -0.1) is 0 Å². The minimum absolute atomic E-state index is 0.824. The Morgan fingerprint density at radius 1 is 1.07 bits per heavy atom. The van der Waals surface area contributed by atoms with Gasteiger partial charge >= 0.3 is 0 Å². The summed E-state index contributed by atoms with van der Waals surface area (Å²) in [5.41, 5.74) is 2.67. The Balaban J connectivity index is 2.74. The van der Waals surface area contributed by atoms with Crippen molar-refractivity contribution in [3.8, 4) is 0 Å². The third-order valence-electron chi connectivity index (χ3n) is 3.50. The molecule has 0 fully saturated rings. The Kier molecular flexibility index (Phi) is 4.30. The fourth-order valence-corrected chi connectivity index (χ4v) is 1.99. The predicted octanol–water partition coefficient (Wildman–Crippen LogP) is 4.19. The van der Waals surface area contributed by atoms with Crippen molar-refractivity contribution in [1.29, 1.82) is 0 Å². The van der Waals surface area contributed by atoms with E-state index in [1.54, 1.807) is 7.05 Å². The van der Waals surface area contributed by atoms with E-state index in [9.17, 15) is 0 Å². The molecule has 0 bridgehead atoms. The van der Waals surface area contributed by atoms with E-state index < -0.39 is 0 Å². The molecule has 2 heteroatoms. The van der Waals surface area contributed by atoms with E-state index in [1.807, 2.05) is 0 Å². The van der Waals surface area contributed by atoms with Crippen LogP contribution in [0.5, 0.6) is 0 Å². The first-order valence-electron chi connectivity index (χ1n) is 5.63. The van der Waals surface area contributed by atoms with Gasteiger partial charge < -0.3 is 0 Å². The molecule has 0 radical (unpaired) electrons. The van der Waals surface area contributed by atoms with Crippen LogP contribution in [0.1, 0.15) is 46.5 Å². The molecule has 80 valence electrons. The number of hydrogen-bond acceptors (Lipinski definition) is 2. The second-order valence-electron chi connectivity index (χ2n) is 4.56. The van der Waals surface area contributed by atoms with E-state index in [1.165, 1.54) is 30.5 Å². The monoisotopic (exact) mass is 194 g/mol. The SMILES string of the molecule is C/N=N\C1=C(/C)CCC(C)C(C)CC1. The van der Waals surface area contributed by atoms with Crippen molar-refractivity contribution in [2.75, 3.05) is 7.05 Å². The van der Waals surface area contributed by atoms with Crippen molar-refractivity contribution in [2.45, 2.75) is 46.5 Å². The molecular weight excluding hydrogens is 172 g/mol. The van der Waals surface area contributed by atoms with Gasteiger partial charge in [0.05, 0.1) is 5.70 Å². The van der Waals surface area contributed by atoms with E-state index in [0.29, 0.717) is 0 Å². The van der Waals surface area contributed by atoms with Gasteiger partial charge in [0.2, 0.25) is 0 Å². The Morgan fingerprint density at radius 3 is 2.21 bits per heavy atom. The summed E-state index contributed by atoms with van der Waals surface area (Å²) in [6.45, 7) is 6.92. The molecule has 0 amide bonds. The molecule has 0 aromatic rings. The van der Waals surface area contributed by atoms with E-state index >= 15 is 0 Å². The van der Waals surface area contributed by atoms with Crippen molar-refractivity contribution in [1.82, 2.24) is 0 Å². The summed E-state index contributed by atoms with van der Waals surface area (Å²) >= 11 is 0. The number of azo groups is 1. The van der Waals surface area contributed by atoms with Crippen LogP contribution in [0.3, 0.4) is 0 Å². The van der Waals surface area contributed by atoms with Crippen LogP contribution in [0.25, 0.3) is 0 Å². The van der Waals surface area contributed by atoms with Crippen LogP contribution in [-0.2, 0) is 0 Å². The molecule has 2 unspecified atom stereocenters. The second-order valence-corrected chi connectivity index (χ2v) is 4.56. The minimum atomic E-state index is 0.824. The van der Waals surface area contributed by atoms with Gasteiger partial charge in [-0.25, -0.2) is 0 Å². The zero-order valence-electron chi connectivity index (χ0n) is 9.88. The lowest BCUT2D eigenvalue weighted by molar-refractivity contribution is 0.335. The zero-order valence-corrected chi connectivity index (χ0v) is 9.88. The maximum absolute atomic E-state index is 4.23. The molecule has 2 atom stereocenters. The van der Waals surface area contributed by atoms with Crippen LogP contribution in [0.15, 0.2) is 21.5 Å². The number of hydrogen-bond donors (Lipinski definition) is 0. The highest BCUT2D eigenvalue weighted by Crippen LogP contribution is 2.30. The maximum Gasteiger partial charge on any atom is 0.0615 e. The van der Waals surface area contributed by atoms with Gasteiger partial charge in [-0.3, -0.25) is 0 Å². The fraction of sp³-hybridized carbons (Fsp3) is 0.833. The van der Waals surface area contributed by atoms with Crippen LogP contribution in [0.4, 0.5) is 0 Å². The van der Waals surface area contributed by atoms with Crippen LogP contribution in [0.2, 0.25) is 0 Å². The molecule has 0 aromatic heterocycles. The van der Waals surface area contributed by atoms with Gasteiger partial charge in [0, 0.05) is 7.05 Å². The molecule has 2 nitrogen and oxygen atoms in total. The van der Waals surface area contributed by atoms with Crippen LogP contribution < -0.4 is 0 Å². The van der Waals surface area contributed by atoms with Gasteiger partial charge in [-0.2, -0.15) is 10.2 Å². The van der Waals surface area contributed by atoms with Crippen molar-refractivity contribution in [3.63, 3.8) is 0 Å². The second kappa shape index (κ2) is 5.28. The summed E-state index contributed by atoms with van der Waals surface area (Å²) in [4.78, 5) is 0. The van der Waals surface area contributed by atoms with E-state index in [2.05, 4.69) is 31.0 Å². The molecular formula is C12H22N2. The molecule has 1 aliphatic rings. The Bertz CT molecular complexity index is 241. The third kappa shape index (κ3) is 2.93. The largest absolute Gasteiger partial charge is 0.192 e. The van der Waals surface area contributed by atoms with Gasteiger partial charge in [0.15, 0.2) is 0 Å². The quantitative estimate of drug-likeness (QED) is 0.559. The highest BCUT2D eigenvalue weighted by atomic mass is 15.1. The fourth-order valence-electron chi connectivity index (χ4n) is 1.99. The number of nitrogens with zero attached hydrogens (tertiary/aromatic N) is 2. The summed E-state index contributed by atoms with van der Waals surface area (Å²) in [6, 6.07) is 0. The molecule has 0 heterocycles. The lowest BCUT2D eigenvalue weighted by Gasteiger charge is -2.23. The summed E-state index contributed by atoms with van der Waals surface area (Å²) < 4.78 is 0. The Labute approximate surface area is 87.5 Å².